The zero-order chi connectivity index (χ0) is 20.1. The van der Waals surface area contributed by atoms with Crippen molar-refractivity contribution >= 4 is 55.8 Å². The Morgan fingerprint density at radius 1 is 1.14 bits per heavy atom. The number of nitrogens with one attached hydrogen (secondary N) is 2. The Labute approximate surface area is 171 Å². The van der Waals surface area contributed by atoms with Gasteiger partial charge in [-0.1, -0.05) is 29.9 Å². The van der Waals surface area contributed by atoms with E-state index < -0.39 is 0 Å². The second kappa shape index (κ2) is 9.03. The quantitative estimate of drug-likeness (QED) is 0.566. The van der Waals surface area contributed by atoms with Crippen molar-refractivity contribution < 1.29 is 14.3 Å². The van der Waals surface area contributed by atoms with Gasteiger partial charge in [0.05, 0.1) is 10.2 Å². The molecule has 0 atom stereocenters. The molecule has 3 aromatic rings. The summed E-state index contributed by atoms with van der Waals surface area (Å²) in [5, 5.41) is 6.78. The molecule has 0 saturated heterocycles. The summed E-state index contributed by atoms with van der Waals surface area (Å²) in [4.78, 5) is 28.3. The first-order valence-electron chi connectivity index (χ1n) is 8.84. The zero-order valence-electron chi connectivity index (χ0n) is 15.5. The molecule has 1 heterocycles. The van der Waals surface area contributed by atoms with Crippen LogP contribution in [0, 0.1) is 6.92 Å². The summed E-state index contributed by atoms with van der Waals surface area (Å²) in [5.74, 6) is 0.296. The largest absolute Gasteiger partial charge is 0.483 e. The van der Waals surface area contributed by atoms with Gasteiger partial charge in [-0.05, 0) is 55.3 Å². The maximum atomic E-state index is 12.2. The van der Waals surface area contributed by atoms with Crippen LogP contribution in [0.15, 0.2) is 36.4 Å². The number of nitrogens with zero attached hydrogens (tertiary/aromatic N) is 1. The highest BCUT2D eigenvalue weighted by Gasteiger charge is 2.10. The van der Waals surface area contributed by atoms with Gasteiger partial charge >= 0.3 is 0 Å². The van der Waals surface area contributed by atoms with Crippen LogP contribution in [0.4, 0.5) is 10.8 Å². The van der Waals surface area contributed by atoms with Crippen LogP contribution in [0.3, 0.4) is 0 Å². The average Bonchev–Trinajstić information content (AvgIpc) is 3.02. The van der Waals surface area contributed by atoms with Crippen LogP contribution in [0.5, 0.6) is 5.75 Å². The number of halogens is 1. The van der Waals surface area contributed by atoms with Crippen molar-refractivity contribution in [2.24, 2.45) is 0 Å². The fourth-order valence-electron chi connectivity index (χ4n) is 2.58. The number of rotatable bonds is 7. The van der Waals surface area contributed by atoms with Gasteiger partial charge in [-0.2, -0.15) is 0 Å². The molecule has 146 valence electrons. The van der Waals surface area contributed by atoms with E-state index in [4.69, 9.17) is 16.3 Å². The summed E-state index contributed by atoms with van der Waals surface area (Å²) in [7, 11) is 0. The van der Waals surface area contributed by atoms with E-state index in [0.29, 0.717) is 28.0 Å². The second-order valence-corrected chi connectivity index (χ2v) is 7.71. The second-order valence-electron chi connectivity index (χ2n) is 6.25. The first-order chi connectivity index (χ1) is 13.4. The fraction of sp³-hybridized carbons (Fsp3) is 0.250. The summed E-state index contributed by atoms with van der Waals surface area (Å²) < 4.78 is 6.43. The van der Waals surface area contributed by atoms with E-state index >= 15 is 0 Å². The van der Waals surface area contributed by atoms with Crippen LogP contribution in [0.25, 0.3) is 10.2 Å². The Bertz CT molecular complexity index is 1020. The summed E-state index contributed by atoms with van der Waals surface area (Å²) in [5.41, 5.74) is 2.27. The first kappa shape index (κ1) is 20.1. The maximum Gasteiger partial charge on any atom is 0.262 e. The van der Waals surface area contributed by atoms with Gasteiger partial charge in [-0.25, -0.2) is 4.98 Å². The molecule has 0 bridgehead atoms. The van der Waals surface area contributed by atoms with Crippen molar-refractivity contribution in [3.63, 3.8) is 0 Å². The molecule has 0 radical (unpaired) electrons. The summed E-state index contributed by atoms with van der Waals surface area (Å²) in [6.45, 7) is 3.71. The number of ether oxygens (including phenoxy) is 1. The fourth-order valence-corrected chi connectivity index (χ4v) is 3.73. The number of thiazole rings is 1. The SMILES string of the molecule is CCCC(=O)Nc1nc2ccc(NC(=O)COc3ccc(Cl)cc3C)cc2s1. The van der Waals surface area contributed by atoms with Gasteiger partial charge in [0.2, 0.25) is 5.91 Å². The lowest BCUT2D eigenvalue weighted by Crippen LogP contribution is -2.20. The molecule has 1 aromatic heterocycles. The number of aryl methyl sites for hydroxylation is 1. The van der Waals surface area contributed by atoms with Crippen molar-refractivity contribution in [3.05, 3.63) is 47.0 Å². The number of fused-ring (bicyclic) bond motifs is 1. The van der Waals surface area contributed by atoms with Crippen LogP contribution in [-0.4, -0.2) is 23.4 Å². The Kier molecular flexibility index (Phi) is 6.49. The van der Waals surface area contributed by atoms with E-state index in [2.05, 4.69) is 15.6 Å². The van der Waals surface area contributed by atoms with E-state index in [9.17, 15) is 9.59 Å². The van der Waals surface area contributed by atoms with Crippen molar-refractivity contribution in [1.82, 2.24) is 4.98 Å². The third kappa shape index (κ3) is 5.21. The van der Waals surface area contributed by atoms with Crippen molar-refractivity contribution in [1.29, 1.82) is 0 Å². The smallest absolute Gasteiger partial charge is 0.262 e. The Hall–Kier alpha value is -2.64. The molecule has 2 aromatic carbocycles. The van der Waals surface area contributed by atoms with Crippen molar-refractivity contribution in [2.75, 3.05) is 17.2 Å². The third-order valence-corrected chi connectivity index (χ3v) is 5.06. The molecule has 0 aliphatic rings. The minimum Gasteiger partial charge on any atom is -0.483 e. The lowest BCUT2D eigenvalue weighted by Gasteiger charge is -2.10. The van der Waals surface area contributed by atoms with E-state index in [1.54, 1.807) is 30.3 Å². The normalized spacial score (nSPS) is 10.7. The molecule has 0 spiro atoms. The van der Waals surface area contributed by atoms with Gasteiger partial charge in [-0.15, -0.1) is 0 Å². The van der Waals surface area contributed by atoms with Crippen LogP contribution < -0.4 is 15.4 Å². The molecule has 28 heavy (non-hydrogen) atoms. The summed E-state index contributed by atoms with van der Waals surface area (Å²) >= 11 is 7.29. The lowest BCUT2D eigenvalue weighted by atomic mass is 10.2. The van der Waals surface area contributed by atoms with Gasteiger partial charge in [0.25, 0.3) is 5.91 Å². The molecule has 8 heteroatoms. The molecule has 0 aliphatic heterocycles. The number of carbonyl (C=O) groups excluding carboxylic acids is 2. The predicted octanol–water partition coefficient (Wildman–Crippen LogP) is 5.01. The average molecular weight is 418 g/mol. The number of aromatic nitrogens is 1. The monoisotopic (exact) mass is 417 g/mol. The van der Waals surface area contributed by atoms with Gasteiger partial charge < -0.3 is 15.4 Å². The Morgan fingerprint density at radius 2 is 1.96 bits per heavy atom. The molecule has 2 amide bonds. The standard InChI is InChI=1S/C20H20ClN3O3S/c1-3-4-18(25)24-20-23-15-7-6-14(10-17(15)28-20)22-19(26)11-27-16-8-5-13(21)9-12(16)2/h5-10H,3-4,11H2,1-2H3,(H,22,26)(H,23,24,25). The highest BCUT2D eigenvalue weighted by Crippen LogP contribution is 2.28. The summed E-state index contributed by atoms with van der Waals surface area (Å²) in [6.07, 6.45) is 1.24. The molecule has 6 nitrogen and oxygen atoms in total. The molecule has 0 aliphatic carbocycles. The molecular weight excluding hydrogens is 398 g/mol. The topological polar surface area (TPSA) is 80.3 Å². The Morgan fingerprint density at radius 3 is 2.71 bits per heavy atom. The highest BCUT2D eigenvalue weighted by molar-refractivity contribution is 7.22. The molecule has 2 N–H and O–H groups in total. The van der Waals surface area contributed by atoms with E-state index in [0.717, 1.165) is 22.2 Å². The number of hydrogen-bond donors (Lipinski definition) is 2. The first-order valence-corrected chi connectivity index (χ1v) is 10.0. The summed E-state index contributed by atoms with van der Waals surface area (Å²) in [6, 6.07) is 10.6. The maximum absolute atomic E-state index is 12.2. The molecule has 0 saturated carbocycles. The number of carbonyl (C=O) groups is 2. The highest BCUT2D eigenvalue weighted by atomic mass is 35.5. The predicted molar refractivity (Wildman–Crippen MR) is 113 cm³/mol. The van der Waals surface area contributed by atoms with E-state index in [1.807, 2.05) is 19.9 Å². The minimum absolute atomic E-state index is 0.0512. The molecule has 0 unspecified atom stereocenters. The van der Waals surface area contributed by atoms with Gasteiger partial charge in [0, 0.05) is 17.1 Å². The number of amides is 2. The third-order valence-electron chi connectivity index (χ3n) is 3.89. The van der Waals surface area contributed by atoms with Crippen molar-refractivity contribution in [3.8, 4) is 5.75 Å². The van der Waals surface area contributed by atoms with Crippen molar-refractivity contribution in [2.45, 2.75) is 26.7 Å². The van der Waals surface area contributed by atoms with Crippen LogP contribution in [0.2, 0.25) is 5.02 Å². The minimum atomic E-state index is -0.269. The van der Waals surface area contributed by atoms with Crippen LogP contribution in [0.1, 0.15) is 25.3 Å². The zero-order valence-corrected chi connectivity index (χ0v) is 17.1. The van der Waals surface area contributed by atoms with E-state index in [1.165, 1.54) is 11.3 Å². The number of anilines is 2. The number of hydrogen-bond acceptors (Lipinski definition) is 5. The Balaban J connectivity index is 1.61. The molecule has 3 rings (SSSR count). The molecule has 0 fully saturated rings. The van der Waals surface area contributed by atoms with Gasteiger partial charge in [-0.3, -0.25) is 9.59 Å². The van der Waals surface area contributed by atoms with Gasteiger partial charge in [0.15, 0.2) is 11.7 Å². The number of benzene rings is 2. The molecular formula is C20H20ClN3O3S. The lowest BCUT2D eigenvalue weighted by molar-refractivity contribution is -0.118. The van der Waals surface area contributed by atoms with Crippen LogP contribution >= 0.6 is 22.9 Å². The van der Waals surface area contributed by atoms with E-state index in [-0.39, 0.29) is 18.4 Å². The van der Waals surface area contributed by atoms with Gasteiger partial charge in [0.1, 0.15) is 5.75 Å². The van der Waals surface area contributed by atoms with Crippen LogP contribution in [-0.2, 0) is 9.59 Å².